The van der Waals surface area contributed by atoms with E-state index in [1.54, 1.807) is 12.2 Å². The fourth-order valence-electron chi connectivity index (χ4n) is 3.74. The number of likely N-dealkylation sites (tertiary alicyclic amines) is 1. The summed E-state index contributed by atoms with van der Waals surface area (Å²) >= 11 is 0. The lowest BCUT2D eigenvalue weighted by molar-refractivity contribution is -0.126. The van der Waals surface area contributed by atoms with Crippen LogP contribution in [0, 0.1) is 0 Å². The second-order valence-corrected chi connectivity index (χ2v) is 7.09. The number of amides is 1. The van der Waals surface area contributed by atoms with Crippen molar-refractivity contribution in [2.75, 3.05) is 26.4 Å². The summed E-state index contributed by atoms with van der Waals surface area (Å²) in [6.45, 7) is 6.01. The average Bonchev–Trinajstić information content (AvgIpc) is 3.26. The minimum absolute atomic E-state index is 0.0226. The summed E-state index contributed by atoms with van der Waals surface area (Å²) < 4.78 is 16.8. The maximum atomic E-state index is 12.8. The van der Waals surface area contributed by atoms with Gasteiger partial charge in [-0.3, -0.25) is 4.79 Å². The molecule has 2 aliphatic rings. The number of carbonyl (C=O) groups excluding carboxylic acids is 1. The van der Waals surface area contributed by atoms with Crippen molar-refractivity contribution in [3.05, 3.63) is 72.3 Å². The van der Waals surface area contributed by atoms with E-state index in [1.165, 1.54) is 0 Å². The fraction of sp³-hybridized carbons (Fsp3) is 0.292. The van der Waals surface area contributed by atoms with Crippen molar-refractivity contribution in [1.29, 1.82) is 0 Å². The molecule has 1 fully saturated rings. The lowest BCUT2D eigenvalue weighted by atomic mass is 10.0. The van der Waals surface area contributed by atoms with Gasteiger partial charge in [-0.05, 0) is 54.3 Å². The number of ether oxygens (including phenoxy) is 3. The molecule has 150 valence electrons. The molecule has 2 aliphatic heterocycles. The number of benzene rings is 2. The third-order valence-electron chi connectivity index (χ3n) is 5.15. The minimum atomic E-state index is 0.0226. The van der Waals surface area contributed by atoms with Crippen LogP contribution in [-0.4, -0.2) is 37.2 Å². The molecule has 2 aromatic carbocycles. The molecule has 2 aromatic rings. The summed E-state index contributed by atoms with van der Waals surface area (Å²) in [4.78, 5) is 14.8. The Hall–Kier alpha value is -3.21. The van der Waals surface area contributed by atoms with E-state index in [0.29, 0.717) is 19.8 Å². The van der Waals surface area contributed by atoms with E-state index in [2.05, 4.69) is 6.58 Å². The zero-order chi connectivity index (χ0) is 20.1. The van der Waals surface area contributed by atoms with Gasteiger partial charge in [0.25, 0.3) is 0 Å². The highest BCUT2D eigenvalue weighted by Gasteiger charge is 2.29. The van der Waals surface area contributed by atoms with Crippen LogP contribution < -0.4 is 14.2 Å². The van der Waals surface area contributed by atoms with Gasteiger partial charge in [0.1, 0.15) is 25.6 Å². The Morgan fingerprint density at radius 1 is 1.14 bits per heavy atom. The molecule has 1 amide bonds. The number of carbonyl (C=O) groups is 1. The molecule has 0 saturated carbocycles. The third-order valence-corrected chi connectivity index (χ3v) is 5.15. The fourth-order valence-corrected chi connectivity index (χ4v) is 3.74. The zero-order valence-electron chi connectivity index (χ0n) is 16.4. The lowest BCUT2D eigenvalue weighted by Crippen LogP contribution is -2.29. The van der Waals surface area contributed by atoms with Gasteiger partial charge in [-0.25, -0.2) is 0 Å². The summed E-state index contributed by atoms with van der Waals surface area (Å²) in [6.07, 6.45) is 7.15. The average molecular weight is 391 g/mol. The SMILES string of the molecule is C=CCOc1ccc(C=CC(=O)N2CCCC2c2ccc3c(c2)OCCO3)cc1. The summed E-state index contributed by atoms with van der Waals surface area (Å²) in [5, 5.41) is 0. The highest BCUT2D eigenvalue weighted by atomic mass is 16.6. The van der Waals surface area contributed by atoms with Gasteiger partial charge in [0.15, 0.2) is 11.5 Å². The van der Waals surface area contributed by atoms with E-state index in [-0.39, 0.29) is 11.9 Å². The topological polar surface area (TPSA) is 48.0 Å². The maximum Gasteiger partial charge on any atom is 0.247 e. The van der Waals surface area contributed by atoms with Crippen molar-refractivity contribution in [3.8, 4) is 17.2 Å². The Bertz CT molecular complexity index is 904. The molecular formula is C24H25NO4. The number of fused-ring (bicyclic) bond motifs is 1. The van der Waals surface area contributed by atoms with E-state index in [4.69, 9.17) is 14.2 Å². The first-order valence-electron chi connectivity index (χ1n) is 9.96. The highest BCUT2D eigenvalue weighted by molar-refractivity contribution is 5.92. The van der Waals surface area contributed by atoms with Crippen LogP contribution in [0.2, 0.25) is 0 Å². The van der Waals surface area contributed by atoms with E-state index in [0.717, 1.165) is 47.8 Å². The van der Waals surface area contributed by atoms with Crippen LogP contribution >= 0.6 is 0 Å². The van der Waals surface area contributed by atoms with Crippen molar-refractivity contribution in [1.82, 2.24) is 4.90 Å². The number of rotatable bonds is 6. The van der Waals surface area contributed by atoms with Crippen LogP contribution in [0.3, 0.4) is 0 Å². The molecule has 0 aromatic heterocycles. The predicted octanol–water partition coefficient (Wildman–Crippen LogP) is 4.40. The van der Waals surface area contributed by atoms with Crippen molar-refractivity contribution in [2.45, 2.75) is 18.9 Å². The molecule has 29 heavy (non-hydrogen) atoms. The molecule has 4 rings (SSSR count). The molecule has 1 atom stereocenters. The summed E-state index contributed by atoms with van der Waals surface area (Å²) in [7, 11) is 0. The minimum Gasteiger partial charge on any atom is -0.490 e. The normalized spacial score (nSPS) is 18.1. The Kier molecular flexibility index (Phi) is 5.84. The van der Waals surface area contributed by atoms with Crippen LogP contribution in [0.25, 0.3) is 6.08 Å². The molecule has 1 saturated heterocycles. The highest BCUT2D eigenvalue weighted by Crippen LogP contribution is 2.38. The quantitative estimate of drug-likeness (QED) is 0.541. The molecule has 0 N–H and O–H groups in total. The first kappa shape index (κ1) is 19.1. The van der Waals surface area contributed by atoms with Gasteiger partial charge in [-0.2, -0.15) is 0 Å². The van der Waals surface area contributed by atoms with Gasteiger partial charge in [0, 0.05) is 12.6 Å². The van der Waals surface area contributed by atoms with E-state index in [1.807, 2.05) is 53.4 Å². The van der Waals surface area contributed by atoms with Crippen LogP contribution in [-0.2, 0) is 4.79 Å². The van der Waals surface area contributed by atoms with Gasteiger partial charge < -0.3 is 19.1 Å². The summed E-state index contributed by atoms with van der Waals surface area (Å²) in [5.41, 5.74) is 2.05. The monoisotopic (exact) mass is 391 g/mol. The van der Waals surface area contributed by atoms with Gasteiger partial charge >= 0.3 is 0 Å². The largest absolute Gasteiger partial charge is 0.490 e. The van der Waals surface area contributed by atoms with Crippen molar-refractivity contribution >= 4 is 12.0 Å². The first-order chi connectivity index (χ1) is 14.2. The zero-order valence-corrected chi connectivity index (χ0v) is 16.4. The number of nitrogens with zero attached hydrogens (tertiary/aromatic N) is 1. The second kappa shape index (κ2) is 8.86. The molecule has 2 heterocycles. The smallest absolute Gasteiger partial charge is 0.247 e. The molecule has 5 nitrogen and oxygen atoms in total. The van der Waals surface area contributed by atoms with E-state index >= 15 is 0 Å². The van der Waals surface area contributed by atoms with Gasteiger partial charge in [0.2, 0.25) is 5.91 Å². The summed E-state index contributed by atoms with van der Waals surface area (Å²) in [6, 6.07) is 13.7. The Labute approximate surface area is 171 Å². The Morgan fingerprint density at radius 3 is 2.72 bits per heavy atom. The van der Waals surface area contributed by atoms with Crippen molar-refractivity contribution in [3.63, 3.8) is 0 Å². The van der Waals surface area contributed by atoms with Gasteiger partial charge in [-0.1, -0.05) is 30.9 Å². The maximum absolute atomic E-state index is 12.8. The van der Waals surface area contributed by atoms with Gasteiger partial charge in [0.05, 0.1) is 6.04 Å². The van der Waals surface area contributed by atoms with E-state index < -0.39 is 0 Å². The standard InChI is InChI=1S/C24H25NO4/c1-2-14-27-20-9-5-18(6-10-20)7-12-24(26)25-13-3-4-21(25)19-8-11-22-23(17-19)29-16-15-28-22/h2,5-12,17,21H,1,3-4,13-16H2. The molecule has 1 unspecified atom stereocenters. The predicted molar refractivity (Wildman–Crippen MR) is 112 cm³/mol. The van der Waals surface area contributed by atoms with Crippen LogP contribution in [0.5, 0.6) is 17.2 Å². The molecule has 0 spiro atoms. The molecule has 0 bridgehead atoms. The summed E-state index contributed by atoms with van der Waals surface area (Å²) in [5.74, 6) is 2.35. The molecule has 5 heteroatoms. The Morgan fingerprint density at radius 2 is 1.93 bits per heavy atom. The number of hydrogen-bond donors (Lipinski definition) is 0. The third kappa shape index (κ3) is 4.45. The van der Waals surface area contributed by atoms with Crippen LogP contribution in [0.15, 0.2) is 61.2 Å². The number of hydrogen-bond acceptors (Lipinski definition) is 4. The van der Waals surface area contributed by atoms with Gasteiger partial charge in [-0.15, -0.1) is 0 Å². The van der Waals surface area contributed by atoms with Crippen molar-refractivity contribution < 1.29 is 19.0 Å². The first-order valence-corrected chi connectivity index (χ1v) is 9.96. The molecule has 0 radical (unpaired) electrons. The lowest BCUT2D eigenvalue weighted by Gasteiger charge is -2.26. The van der Waals surface area contributed by atoms with E-state index in [9.17, 15) is 4.79 Å². The second-order valence-electron chi connectivity index (χ2n) is 7.09. The van der Waals surface area contributed by atoms with Crippen LogP contribution in [0.1, 0.15) is 30.0 Å². The molecule has 0 aliphatic carbocycles. The molecular weight excluding hydrogens is 366 g/mol. The van der Waals surface area contributed by atoms with Crippen molar-refractivity contribution in [2.24, 2.45) is 0 Å². The Balaban J connectivity index is 1.43. The van der Waals surface area contributed by atoms with Crippen LogP contribution in [0.4, 0.5) is 0 Å².